The normalized spacial score (nSPS) is 12.2. The molecule has 0 spiro atoms. The van der Waals surface area contributed by atoms with Gasteiger partial charge in [-0.2, -0.15) is 0 Å². The number of nitrogens with zero attached hydrogens (tertiary/aromatic N) is 1. The van der Waals surface area contributed by atoms with Crippen molar-refractivity contribution in [2.45, 2.75) is 6.42 Å². The van der Waals surface area contributed by atoms with Crippen LogP contribution in [0.4, 0.5) is 5.69 Å². The molecule has 1 aromatic heterocycles. The number of benzene rings is 2. The predicted molar refractivity (Wildman–Crippen MR) is 80.9 cm³/mol. The van der Waals surface area contributed by atoms with E-state index in [0.29, 0.717) is 0 Å². The number of nitrogen functional groups attached to an aromatic ring is 1. The number of para-hydroxylation sites is 1. The van der Waals surface area contributed by atoms with Crippen LogP contribution in [0.5, 0.6) is 5.75 Å². The quantitative estimate of drug-likeness (QED) is 0.572. The highest BCUT2D eigenvalue weighted by molar-refractivity contribution is 5.97. The third-order valence-electron chi connectivity index (χ3n) is 4.00. The number of anilines is 1. The summed E-state index contributed by atoms with van der Waals surface area (Å²) in [5, 5.41) is 1.03. The molecule has 0 amide bonds. The molecular formula is C17H14N2O. The third-order valence-corrected chi connectivity index (χ3v) is 4.00. The summed E-state index contributed by atoms with van der Waals surface area (Å²) in [7, 11) is 1.70. The van der Waals surface area contributed by atoms with Crippen molar-refractivity contribution in [3.63, 3.8) is 0 Å². The average Bonchev–Trinajstić information content (AvgIpc) is 2.87. The zero-order valence-electron chi connectivity index (χ0n) is 11.2. The monoisotopic (exact) mass is 262 g/mol. The smallest absolute Gasteiger partial charge is 0.123 e. The van der Waals surface area contributed by atoms with Crippen LogP contribution in [0.2, 0.25) is 0 Å². The molecule has 3 heteroatoms. The van der Waals surface area contributed by atoms with Crippen LogP contribution in [-0.4, -0.2) is 12.1 Å². The molecule has 2 N–H and O–H groups in total. The van der Waals surface area contributed by atoms with Gasteiger partial charge in [-0.15, -0.1) is 0 Å². The molecule has 98 valence electrons. The van der Waals surface area contributed by atoms with E-state index in [1.807, 2.05) is 36.4 Å². The summed E-state index contributed by atoms with van der Waals surface area (Å²) in [5.41, 5.74) is 12.6. The number of hydrogen-bond donors (Lipinski definition) is 1. The second kappa shape index (κ2) is 3.97. The number of hydrogen-bond acceptors (Lipinski definition) is 3. The summed E-state index contributed by atoms with van der Waals surface area (Å²) in [5.74, 6) is 0.906. The highest BCUT2D eigenvalue weighted by Gasteiger charge is 2.26. The second-order valence-electron chi connectivity index (χ2n) is 5.03. The van der Waals surface area contributed by atoms with Crippen molar-refractivity contribution in [2.24, 2.45) is 0 Å². The van der Waals surface area contributed by atoms with E-state index in [0.717, 1.165) is 45.6 Å². The molecule has 0 saturated heterocycles. The standard InChI is InChI=1S/C17H14N2O/c1-20-15-8-4-6-10-12(15)9-13-16(18)11-5-2-3-7-14(11)19-17(10)13/h2-8H,9H2,1H3,(H2,18,19). The Morgan fingerprint density at radius 3 is 2.75 bits per heavy atom. The first-order valence-electron chi connectivity index (χ1n) is 6.63. The third kappa shape index (κ3) is 1.37. The van der Waals surface area contributed by atoms with E-state index >= 15 is 0 Å². The van der Waals surface area contributed by atoms with Crippen molar-refractivity contribution in [3.8, 4) is 17.0 Å². The fourth-order valence-corrected chi connectivity index (χ4v) is 3.02. The van der Waals surface area contributed by atoms with Crippen LogP contribution >= 0.6 is 0 Å². The van der Waals surface area contributed by atoms with Gasteiger partial charge in [0.15, 0.2) is 0 Å². The Balaban J connectivity index is 2.07. The van der Waals surface area contributed by atoms with Crippen LogP contribution in [0.1, 0.15) is 11.1 Å². The zero-order valence-corrected chi connectivity index (χ0v) is 11.2. The molecule has 0 atom stereocenters. The molecule has 0 unspecified atom stereocenters. The molecule has 1 aliphatic rings. The lowest BCUT2D eigenvalue weighted by Crippen LogP contribution is -1.97. The molecule has 3 nitrogen and oxygen atoms in total. The zero-order chi connectivity index (χ0) is 13.7. The van der Waals surface area contributed by atoms with Gasteiger partial charge >= 0.3 is 0 Å². The highest BCUT2D eigenvalue weighted by Crippen LogP contribution is 2.44. The Labute approximate surface area is 117 Å². The molecule has 0 fully saturated rings. The van der Waals surface area contributed by atoms with E-state index < -0.39 is 0 Å². The van der Waals surface area contributed by atoms with E-state index in [-0.39, 0.29) is 0 Å². The maximum atomic E-state index is 6.36. The molecule has 3 aromatic rings. The lowest BCUT2D eigenvalue weighted by atomic mass is 10.1. The van der Waals surface area contributed by atoms with Crippen molar-refractivity contribution in [3.05, 3.63) is 53.6 Å². The molecule has 1 heterocycles. The SMILES string of the molecule is COc1cccc2c1Cc1c-2nc2ccccc2c1N. The van der Waals surface area contributed by atoms with Crippen LogP contribution in [0, 0.1) is 0 Å². The van der Waals surface area contributed by atoms with E-state index in [9.17, 15) is 0 Å². The van der Waals surface area contributed by atoms with Crippen molar-refractivity contribution in [1.29, 1.82) is 0 Å². The minimum atomic E-state index is 0.790. The molecule has 0 bridgehead atoms. The first-order valence-corrected chi connectivity index (χ1v) is 6.63. The van der Waals surface area contributed by atoms with Gasteiger partial charge in [-0.3, -0.25) is 0 Å². The Morgan fingerprint density at radius 1 is 1.05 bits per heavy atom. The minimum absolute atomic E-state index is 0.790. The summed E-state index contributed by atoms with van der Waals surface area (Å²) in [4.78, 5) is 4.80. The van der Waals surface area contributed by atoms with Gasteiger partial charge in [0.1, 0.15) is 5.75 Å². The summed E-state index contributed by atoms with van der Waals surface area (Å²) in [6, 6.07) is 14.1. The Hall–Kier alpha value is -2.55. The number of rotatable bonds is 1. The van der Waals surface area contributed by atoms with Gasteiger partial charge in [-0.05, 0) is 12.1 Å². The first-order chi connectivity index (χ1) is 9.79. The molecule has 4 rings (SSSR count). The number of aromatic nitrogens is 1. The molecule has 0 saturated carbocycles. The fraction of sp³-hybridized carbons (Fsp3) is 0.118. The molecule has 0 radical (unpaired) electrons. The van der Waals surface area contributed by atoms with Crippen LogP contribution in [0.25, 0.3) is 22.2 Å². The van der Waals surface area contributed by atoms with E-state index in [1.54, 1.807) is 7.11 Å². The van der Waals surface area contributed by atoms with Gasteiger partial charge in [-0.1, -0.05) is 30.3 Å². The highest BCUT2D eigenvalue weighted by atomic mass is 16.5. The number of nitrogens with two attached hydrogens (primary N) is 1. The first kappa shape index (κ1) is 11.3. The summed E-state index contributed by atoms with van der Waals surface area (Å²) in [6.07, 6.45) is 0.790. The van der Waals surface area contributed by atoms with Crippen LogP contribution in [0.15, 0.2) is 42.5 Å². The summed E-state index contributed by atoms with van der Waals surface area (Å²) in [6.45, 7) is 0. The van der Waals surface area contributed by atoms with Gasteiger partial charge in [0.2, 0.25) is 0 Å². The summed E-state index contributed by atoms with van der Waals surface area (Å²) >= 11 is 0. The fourth-order valence-electron chi connectivity index (χ4n) is 3.02. The van der Waals surface area contributed by atoms with E-state index in [1.165, 1.54) is 5.56 Å². The van der Waals surface area contributed by atoms with Gasteiger partial charge in [-0.25, -0.2) is 4.98 Å². The number of methoxy groups -OCH3 is 1. The van der Waals surface area contributed by atoms with Crippen molar-refractivity contribution in [1.82, 2.24) is 4.98 Å². The predicted octanol–water partition coefficient (Wildman–Crippen LogP) is 3.40. The largest absolute Gasteiger partial charge is 0.496 e. The van der Waals surface area contributed by atoms with Crippen molar-refractivity contribution in [2.75, 3.05) is 12.8 Å². The molecule has 0 aliphatic heterocycles. The van der Waals surface area contributed by atoms with Gasteiger partial charge < -0.3 is 10.5 Å². The maximum Gasteiger partial charge on any atom is 0.123 e. The van der Waals surface area contributed by atoms with Gasteiger partial charge in [0, 0.05) is 34.2 Å². The van der Waals surface area contributed by atoms with Gasteiger partial charge in [0.05, 0.1) is 18.3 Å². The average molecular weight is 262 g/mol. The van der Waals surface area contributed by atoms with Crippen molar-refractivity contribution >= 4 is 16.6 Å². The Bertz CT molecular complexity index is 840. The van der Waals surface area contributed by atoms with Crippen LogP contribution in [-0.2, 0) is 6.42 Å². The van der Waals surface area contributed by atoms with Crippen LogP contribution < -0.4 is 10.5 Å². The molecule has 20 heavy (non-hydrogen) atoms. The molecule has 1 aliphatic carbocycles. The number of pyridine rings is 1. The van der Waals surface area contributed by atoms with E-state index in [2.05, 4.69) is 6.07 Å². The second-order valence-corrected chi connectivity index (χ2v) is 5.03. The number of ether oxygens (including phenoxy) is 1. The minimum Gasteiger partial charge on any atom is -0.496 e. The lowest BCUT2D eigenvalue weighted by molar-refractivity contribution is 0.411. The van der Waals surface area contributed by atoms with Gasteiger partial charge in [0.25, 0.3) is 0 Å². The van der Waals surface area contributed by atoms with Crippen molar-refractivity contribution < 1.29 is 4.74 Å². The summed E-state index contributed by atoms with van der Waals surface area (Å²) < 4.78 is 5.46. The Kier molecular flexibility index (Phi) is 2.24. The van der Waals surface area contributed by atoms with E-state index in [4.69, 9.17) is 15.5 Å². The maximum absolute atomic E-state index is 6.36. The molecular weight excluding hydrogens is 248 g/mol. The topological polar surface area (TPSA) is 48.1 Å². The molecule has 2 aromatic carbocycles. The Morgan fingerprint density at radius 2 is 1.90 bits per heavy atom. The lowest BCUT2D eigenvalue weighted by Gasteiger charge is -2.07. The number of fused-ring (bicyclic) bond motifs is 4. The van der Waals surface area contributed by atoms with Crippen LogP contribution in [0.3, 0.4) is 0 Å².